The molecular formula is C11H13Cl2N3O. The predicted octanol–water partition coefficient (Wildman–Crippen LogP) is 2.51. The molecule has 1 aromatic heterocycles. The van der Waals surface area contributed by atoms with Gasteiger partial charge in [0, 0.05) is 20.0 Å². The van der Waals surface area contributed by atoms with E-state index in [1.54, 1.807) is 13.0 Å². The molecule has 0 bridgehead atoms. The number of carbonyl (C=O) groups is 1. The van der Waals surface area contributed by atoms with Gasteiger partial charge in [-0.15, -0.1) is 10.2 Å². The van der Waals surface area contributed by atoms with Gasteiger partial charge in [-0.3, -0.25) is 4.79 Å². The first-order valence-electron chi connectivity index (χ1n) is 5.52. The van der Waals surface area contributed by atoms with Crippen molar-refractivity contribution in [1.82, 2.24) is 15.1 Å². The molecule has 0 unspecified atom stereocenters. The van der Waals surface area contributed by atoms with Gasteiger partial charge in [-0.1, -0.05) is 23.2 Å². The zero-order valence-electron chi connectivity index (χ0n) is 9.49. The summed E-state index contributed by atoms with van der Waals surface area (Å²) >= 11 is 11.8. The van der Waals surface area contributed by atoms with Crippen LogP contribution in [-0.2, 0) is 4.79 Å². The molecule has 1 amide bonds. The summed E-state index contributed by atoms with van der Waals surface area (Å²) in [6.07, 6.45) is 1.78. The Balaban J connectivity index is 2.10. The van der Waals surface area contributed by atoms with E-state index < -0.39 is 0 Å². The van der Waals surface area contributed by atoms with Crippen LogP contribution in [0.15, 0.2) is 6.07 Å². The molecule has 4 nitrogen and oxygen atoms in total. The molecule has 6 heteroatoms. The Bertz CT molecular complexity index is 431. The number of hydrogen-bond acceptors (Lipinski definition) is 3. The van der Waals surface area contributed by atoms with Crippen LogP contribution < -0.4 is 0 Å². The molecule has 1 aliphatic heterocycles. The largest absolute Gasteiger partial charge is 0.343 e. The van der Waals surface area contributed by atoms with Gasteiger partial charge >= 0.3 is 0 Å². The van der Waals surface area contributed by atoms with Crippen LogP contribution in [0.2, 0.25) is 10.3 Å². The number of nitrogens with zero attached hydrogens (tertiary/aromatic N) is 3. The number of aromatic nitrogens is 2. The smallest absolute Gasteiger partial charge is 0.219 e. The zero-order valence-corrected chi connectivity index (χ0v) is 11.0. The van der Waals surface area contributed by atoms with Gasteiger partial charge in [0.15, 0.2) is 10.3 Å². The summed E-state index contributed by atoms with van der Waals surface area (Å²) in [7, 11) is 0. The number of hydrogen-bond donors (Lipinski definition) is 0. The summed E-state index contributed by atoms with van der Waals surface area (Å²) in [5, 5.41) is 8.28. The van der Waals surface area contributed by atoms with Crippen LogP contribution in [0.1, 0.15) is 31.2 Å². The molecule has 92 valence electrons. The van der Waals surface area contributed by atoms with E-state index in [0.29, 0.717) is 16.2 Å². The Hall–Kier alpha value is -0.870. The van der Waals surface area contributed by atoms with Gasteiger partial charge in [0.25, 0.3) is 0 Å². The van der Waals surface area contributed by atoms with Crippen molar-refractivity contribution in [3.63, 3.8) is 0 Å². The third kappa shape index (κ3) is 2.87. The number of piperidine rings is 1. The van der Waals surface area contributed by atoms with E-state index in [1.807, 2.05) is 4.90 Å². The SMILES string of the molecule is CC(=O)N1CCC(c2cc(Cl)nnc2Cl)CC1. The minimum atomic E-state index is 0.125. The van der Waals surface area contributed by atoms with Gasteiger partial charge < -0.3 is 4.90 Å². The van der Waals surface area contributed by atoms with E-state index in [0.717, 1.165) is 31.5 Å². The van der Waals surface area contributed by atoms with Crippen molar-refractivity contribution in [3.8, 4) is 0 Å². The maximum Gasteiger partial charge on any atom is 0.219 e. The lowest BCUT2D eigenvalue weighted by Gasteiger charge is -2.31. The fourth-order valence-corrected chi connectivity index (χ4v) is 2.56. The van der Waals surface area contributed by atoms with Gasteiger partial charge in [0.1, 0.15) is 0 Å². The molecule has 0 radical (unpaired) electrons. The maximum atomic E-state index is 11.2. The number of likely N-dealkylation sites (tertiary alicyclic amines) is 1. The lowest BCUT2D eigenvalue weighted by molar-refractivity contribution is -0.129. The molecule has 0 aromatic carbocycles. The molecule has 17 heavy (non-hydrogen) atoms. The summed E-state index contributed by atoms with van der Waals surface area (Å²) in [5.41, 5.74) is 0.940. The molecule has 0 saturated carbocycles. The Labute approximate surface area is 110 Å². The molecule has 0 spiro atoms. The van der Waals surface area contributed by atoms with Crippen LogP contribution in [-0.4, -0.2) is 34.1 Å². The molecule has 1 fully saturated rings. The third-order valence-electron chi connectivity index (χ3n) is 3.13. The van der Waals surface area contributed by atoms with E-state index in [2.05, 4.69) is 10.2 Å². The Morgan fingerprint density at radius 3 is 2.59 bits per heavy atom. The molecule has 1 saturated heterocycles. The van der Waals surface area contributed by atoms with Crippen molar-refractivity contribution in [2.45, 2.75) is 25.7 Å². The highest BCUT2D eigenvalue weighted by Gasteiger charge is 2.24. The average Bonchev–Trinajstić information content (AvgIpc) is 2.32. The van der Waals surface area contributed by atoms with Gasteiger partial charge in [0.05, 0.1) is 0 Å². The van der Waals surface area contributed by atoms with Crippen molar-refractivity contribution < 1.29 is 4.79 Å². The van der Waals surface area contributed by atoms with E-state index in [-0.39, 0.29) is 5.91 Å². The first-order valence-corrected chi connectivity index (χ1v) is 6.27. The van der Waals surface area contributed by atoms with Crippen molar-refractivity contribution in [1.29, 1.82) is 0 Å². The van der Waals surface area contributed by atoms with Crippen molar-refractivity contribution >= 4 is 29.1 Å². The minimum absolute atomic E-state index is 0.125. The summed E-state index contributed by atoms with van der Waals surface area (Å²) in [6.45, 7) is 3.12. The fraction of sp³-hybridized carbons (Fsp3) is 0.545. The second-order valence-corrected chi connectivity index (χ2v) is 4.94. The second kappa shape index (κ2) is 5.19. The second-order valence-electron chi connectivity index (χ2n) is 4.19. The highest BCUT2D eigenvalue weighted by molar-refractivity contribution is 6.31. The van der Waals surface area contributed by atoms with Crippen LogP contribution in [0.25, 0.3) is 0 Å². The van der Waals surface area contributed by atoms with Crippen LogP contribution in [0.3, 0.4) is 0 Å². The standard InChI is InChI=1S/C11H13Cl2N3O/c1-7(17)16-4-2-8(3-5-16)9-6-10(12)14-15-11(9)13/h6,8H,2-5H2,1H3. The molecule has 2 rings (SSSR count). The summed E-state index contributed by atoms with van der Waals surface area (Å²) in [4.78, 5) is 13.1. The molecule has 0 N–H and O–H groups in total. The summed E-state index contributed by atoms with van der Waals surface area (Å²) < 4.78 is 0. The van der Waals surface area contributed by atoms with Gasteiger partial charge in [-0.05, 0) is 30.4 Å². The quantitative estimate of drug-likeness (QED) is 0.790. The topological polar surface area (TPSA) is 46.1 Å². The van der Waals surface area contributed by atoms with Gasteiger partial charge in [-0.2, -0.15) is 0 Å². The number of rotatable bonds is 1. The molecule has 0 aliphatic carbocycles. The predicted molar refractivity (Wildman–Crippen MR) is 66.3 cm³/mol. The van der Waals surface area contributed by atoms with Gasteiger partial charge in [-0.25, -0.2) is 0 Å². The zero-order chi connectivity index (χ0) is 12.4. The van der Waals surface area contributed by atoms with Crippen molar-refractivity contribution in [2.24, 2.45) is 0 Å². The van der Waals surface area contributed by atoms with Crippen LogP contribution in [0.5, 0.6) is 0 Å². The highest BCUT2D eigenvalue weighted by atomic mass is 35.5. The van der Waals surface area contributed by atoms with E-state index in [9.17, 15) is 4.79 Å². The molecular weight excluding hydrogens is 261 g/mol. The van der Waals surface area contributed by atoms with Crippen LogP contribution in [0, 0.1) is 0 Å². The number of carbonyl (C=O) groups excluding carboxylic acids is 1. The fourth-order valence-electron chi connectivity index (χ4n) is 2.16. The van der Waals surface area contributed by atoms with Crippen molar-refractivity contribution in [3.05, 3.63) is 21.9 Å². The maximum absolute atomic E-state index is 11.2. The molecule has 2 heterocycles. The minimum Gasteiger partial charge on any atom is -0.343 e. The van der Waals surface area contributed by atoms with Crippen molar-refractivity contribution in [2.75, 3.05) is 13.1 Å². The summed E-state index contributed by atoms with van der Waals surface area (Å²) in [6, 6.07) is 1.77. The van der Waals surface area contributed by atoms with Crippen LogP contribution >= 0.6 is 23.2 Å². The molecule has 0 atom stereocenters. The number of amides is 1. The molecule has 1 aromatic rings. The average molecular weight is 274 g/mol. The first kappa shape index (κ1) is 12.6. The van der Waals surface area contributed by atoms with Gasteiger partial charge in [0.2, 0.25) is 5.91 Å². The first-order chi connectivity index (χ1) is 8.08. The lowest BCUT2D eigenvalue weighted by Crippen LogP contribution is -2.36. The molecule has 1 aliphatic rings. The monoisotopic (exact) mass is 273 g/mol. The Kier molecular flexibility index (Phi) is 3.84. The lowest BCUT2D eigenvalue weighted by atomic mass is 9.91. The van der Waals surface area contributed by atoms with E-state index in [1.165, 1.54) is 0 Å². The Morgan fingerprint density at radius 2 is 2.00 bits per heavy atom. The summed E-state index contributed by atoms with van der Waals surface area (Å²) in [5.74, 6) is 0.437. The third-order valence-corrected chi connectivity index (χ3v) is 3.60. The highest BCUT2D eigenvalue weighted by Crippen LogP contribution is 2.32. The normalized spacial score (nSPS) is 17.2. The van der Waals surface area contributed by atoms with Crippen LogP contribution in [0.4, 0.5) is 0 Å². The van der Waals surface area contributed by atoms with E-state index in [4.69, 9.17) is 23.2 Å². The van der Waals surface area contributed by atoms with E-state index >= 15 is 0 Å². The Morgan fingerprint density at radius 1 is 1.35 bits per heavy atom. The number of halogens is 2.